The monoisotopic (exact) mass is 418 g/mol. The summed E-state index contributed by atoms with van der Waals surface area (Å²) < 4.78 is 1.22. The van der Waals surface area contributed by atoms with Crippen LogP contribution in [0.1, 0.15) is 44.6 Å². The van der Waals surface area contributed by atoms with Gasteiger partial charge in [-0.3, -0.25) is 4.99 Å². The van der Waals surface area contributed by atoms with Gasteiger partial charge in [0.15, 0.2) is 5.96 Å². The molecule has 0 amide bonds. The molecule has 2 saturated carbocycles. The molecule has 1 atom stereocenters. The third-order valence-corrected chi connectivity index (χ3v) is 6.81. The van der Waals surface area contributed by atoms with Crippen molar-refractivity contribution >= 4 is 21.9 Å². The van der Waals surface area contributed by atoms with Gasteiger partial charge in [-0.2, -0.15) is 0 Å². The predicted molar refractivity (Wildman–Crippen MR) is 112 cm³/mol. The topological polar surface area (TPSA) is 39.7 Å². The molecule has 0 radical (unpaired) electrons. The summed E-state index contributed by atoms with van der Waals surface area (Å²) in [6.07, 6.45) is 6.63. The zero-order valence-corrected chi connectivity index (χ0v) is 17.4. The smallest absolute Gasteiger partial charge is 0.191 e. The normalized spacial score (nSPS) is 25.3. The van der Waals surface area contributed by atoms with Gasteiger partial charge >= 0.3 is 0 Å². The highest BCUT2D eigenvalue weighted by Gasteiger charge is 2.45. The second-order valence-electron chi connectivity index (χ2n) is 8.22. The van der Waals surface area contributed by atoms with Gasteiger partial charge in [0, 0.05) is 35.6 Å². The van der Waals surface area contributed by atoms with Crippen molar-refractivity contribution in [1.82, 2.24) is 15.5 Å². The minimum atomic E-state index is 0.235. The molecule has 2 aliphatic carbocycles. The summed E-state index contributed by atoms with van der Waals surface area (Å²) in [6, 6.07) is 9.53. The van der Waals surface area contributed by atoms with E-state index in [9.17, 15) is 0 Å². The highest BCUT2D eigenvalue weighted by Crippen LogP contribution is 2.50. The lowest BCUT2D eigenvalue weighted by atomic mass is 9.96. The van der Waals surface area contributed by atoms with Gasteiger partial charge in [-0.1, -0.05) is 34.1 Å². The van der Waals surface area contributed by atoms with E-state index in [1.165, 1.54) is 55.2 Å². The van der Waals surface area contributed by atoms with Crippen molar-refractivity contribution in [1.29, 1.82) is 0 Å². The number of nitrogens with one attached hydrogen (secondary N) is 2. The van der Waals surface area contributed by atoms with Crippen molar-refractivity contribution in [3.63, 3.8) is 0 Å². The molecule has 4 rings (SSSR count). The number of guanidine groups is 1. The second-order valence-corrected chi connectivity index (χ2v) is 9.07. The van der Waals surface area contributed by atoms with Crippen molar-refractivity contribution in [3.8, 4) is 0 Å². The molecule has 2 N–H and O–H groups in total. The largest absolute Gasteiger partial charge is 0.357 e. The molecule has 1 aromatic carbocycles. The molecule has 1 aromatic rings. The van der Waals surface area contributed by atoms with Gasteiger partial charge < -0.3 is 15.5 Å². The number of aliphatic imine (C=N–C) groups is 1. The summed E-state index contributed by atoms with van der Waals surface area (Å²) >= 11 is 3.72. The molecule has 5 heteroatoms. The van der Waals surface area contributed by atoms with Crippen molar-refractivity contribution in [3.05, 3.63) is 34.3 Å². The number of halogens is 1. The molecule has 0 spiro atoms. The molecule has 1 saturated heterocycles. The average molecular weight is 419 g/mol. The Balaban J connectivity index is 1.33. The third kappa shape index (κ3) is 4.25. The van der Waals surface area contributed by atoms with Crippen molar-refractivity contribution in [2.45, 2.75) is 50.5 Å². The van der Waals surface area contributed by atoms with Crippen molar-refractivity contribution in [2.24, 2.45) is 10.9 Å². The fraction of sp³-hybridized carbons (Fsp3) is 0.667. The van der Waals surface area contributed by atoms with E-state index in [1.54, 1.807) is 0 Å². The van der Waals surface area contributed by atoms with Gasteiger partial charge in [-0.25, -0.2) is 0 Å². The van der Waals surface area contributed by atoms with Crippen molar-refractivity contribution < 1.29 is 0 Å². The van der Waals surface area contributed by atoms with E-state index in [-0.39, 0.29) is 5.41 Å². The van der Waals surface area contributed by atoms with Crippen LogP contribution in [0, 0.1) is 5.92 Å². The van der Waals surface area contributed by atoms with Gasteiger partial charge in [0.2, 0.25) is 0 Å². The number of likely N-dealkylation sites (tertiary alicyclic amines) is 1. The maximum absolute atomic E-state index is 4.95. The van der Waals surface area contributed by atoms with Crippen molar-refractivity contribution in [2.75, 3.05) is 32.7 Å². The summed E-state index contributed by atoms with van der Waals surface area (Å²) in [5.41, 5.74) is 1.65. The molecule has 3 aliphatic rings. The first-order chi connectivity index (χ1) is 12.7. The number of benzene rings is 1. The van der Waals surface area contributed by atoms with Crippen LogP contribution in [0.3, 0.4) is 0 Å². The van der Waals surface area contributed by atoms with Crippen LogP contribution in [-0.4, -0.2) is 49.6 Å². The van der Waals surface area contributed by atoms with E-state index in [2.05, 4.69) is 62.7 Å². The maximum atomic E-state index is 4.95. The first-order valence-corrected chi connectivity index (χ1v) is 11.0. The van der Waals surface area contributed by atoms with E-state index >= 15 is 0 Å². The Morgan fingerprint density at radius 2 is 2.04 bits per heavy atom. The minimum Gasteiger partial charge on any atom is -0.357 e. The molecule has 3 fully saturated rings. The lowest BCUT2D eigenvalue weighted by molar-refractivity contribution is 0.314. The summed E-state index contributed by atoms with van der Waals surface area (Å²) in [5.74, 6) is 1.74. The van der Waals surface area contributed by atoms with Crippen LogP contribution in [0.25, 0.3) is 0 Å². The highest BCUT2D eigenvalue weighted by molar-refractivity contribution is 9.10. The molecule has 1 aliphatic heterocycles. The van der Waals surface area contributed by atoms with Crippen LogP contribution < -0.4 is 10.6 Å². The van der Waals surface area contributed by atoms with E-state index in [0.717, 1.165) is 37.6 Å². The van der Waals surface area contributed by atoms with Crippen LogP contribution >= 0.6 is 15.9 Å². The van der Waals surface area contributed by atoms with Crippen LogP contribution in [0.5, 0.6) is 0 Å². The number of hydrogen-bond acceptors (Lipinski definition) is 2. The molecule has 0 aromatic heterocycles. The lowest BCUT2D eigenvalue weighted by Gasteiger charge is -2.19. The van der Waals surface area contributed by atoms with E-state index in [4.69, 9.17) is 4.99 Å². The first kappa shape index (κ1) is 18.3. The van der Waals surface area contributed by atoms with Crippen LogP contribution in [0.2, 0.25) is 0 Å². The number of hydrogen-bond donors (Lipinski definition) is 2. The van der Waals surface area contributed by atoms with E-state index in [0.29, 0.717) is 0 Å². The van der Waals surface area contributed by atoms with Gasteiger partial charge in [0.05, 0.1) is 6.54 Å². The Hall–Kier alpha value is -1.07. The molecule has 1 heterocycles. The Bertz CT molecular complexity index is 651. The van der Waals surface area contributed by atoms with Gasteiger partial charge in [0.25, 0.3) is 0 Å². The Kier molecular flexibility index (Phi) is 5.55. The summed E-state index contributed by atoms with van der Waals surface area (Å²) in [5, 5.41) is 7.04. The van der Waals surface area contributed by atoms with Crippen LogP contribution in [-0.2, 0) is 5.41 Å². The quantitative estimate of drug-likeness (QED) is 0.525. The van der Waals surface area contributed by atoms with E-state index in [1.807, 2.05) is 0 Å². The van der Waals surface area contributed by atoms with E-state index < -0.39 is 0 Å². The lowest BCUT2D eigenvalue weighted by Crippen LogP contribution is -2.41. The molecule has 4 nitrogen and oxygen atoms in total. The number of rotatable bonds is 7. The molecular formula is C21H31BrN4. The van der Waals surface area contributed by atoms with Gasteiger partial charge in [0.1, 0.15) is 0 Å². The molecular weight excluding hydrogens is 388 g/mol. The second kappa shape index (κ2) is 7.89. The summed E-state index contributed by atoms with van der Waals surface area (Å²) in [7, 11) is 0. The fourth-order valence-electron chi connectivity index (χ4n) is 4.17. The Morgan fingerprint density at radius 1 is 1.23 bits per heavy atom. The predicted octanol–water partition coefficient (Wildman–Crippen LogP) is 3.52. The summed E-state index contributed by atoms with van der Waals surface area (Å²) in [4.78, 5) is 7.64. The fourth-order valence-corrected chi connectivity index (χ4v) is 4.87. The van der Waals surface area contributed by atoms with Crippen LogP contribution in [0.15, 0.2) is 33.7 Å². The zero-order valence-electron chi connectivity index (χ0n) is 15.8. The maximum Gasteiger partial charge on any atom is 0.191 e. The average Bonchev–Trinajstić information content (AvgIpc) is 3.58. The number of nitrogens with zero attached hydrogens (tertiary/aromatic N) is 2. The minimum absolute atomic E-state index is 0.235. The SMILES string of the molecule is CCNC(=NCC1(c2ccccc2Br)CC1)NCC1CCN(C2CC2)C1. The molecule has 142 valence electrons. The highest BCUT2D eigenvalue weighted by atomic mass is 79.9. The summed E-state index contributed by atoms with van der Waals surface area (Å²) in [6.45, 7) is 7.50. The Labute approximate surface area is 166 Å². The molecule has 26 heavy (non-hydrogen) atoms. The van der Waals surface area contributed by atoms with Gasteiger partial charge in [-0.15, -0.1) is 0 Å². The third-order valence-electron chi connectivity index (χ3n) is 6.12. The standard InChI is InChI=1S/C21H31BrN4/c1-2-23-20(24-13-16-9-12-26(14-16)17-7-8-17)25-15-21(10-11-21)18-5-3-4-6-19(18)22/h3-6,16-17H,2,7-15H2,1H3,(H2,23,24,25). The first-order valence-electron chi connectivity index (χ1n) is 10.2. The molecule has 1 unspecified atom stereocenters. The zero-order chi connectivity index (χ0) is 18.0. The van der Waals surface area contributed by atoms with Crippen LogP contribution in [0.4, 0.5) is 0 Å². The Morgan fingerprint density at radius 3 is 2.73 bits per heavy atom. The van der Waals surface area contributed by atoms with Gasteiger partial charge in [-0.05, 0) is 63.1 Å². The molecule has 0 bridgehead atoms.